The van der Waals surface area contributed by atoms with Gasteiger partial charge in [0.15, 0.2) is 0 Å². The summed E-state index contributed by atoms with van der Waals surface area (Å²) in [6, 6.07) is 4.19. The third-order valence-corrected chi connectivity index (χ3v) is 3.83. The summed E-state index contributed by atoms with van der Waals surface area (Å²) in [7, 11) is 2.19. The highest BCUT2D eigenvalue weighted by molar-refractivity contribution is 5.23. The Hall–Kier alpha value is -0.930. The zero-order valence-electron chi connectivity index (χ0n) is 10.0. The minimum absolute atomic E-state index is 0.152. The van der Waals surface area contributed by atoms with E-state index in [-0.39, 0.29) is 5.41 Å². The summed E-state index contributed by atoms with van der Waals surface area (Å²) in [5.74, 6) is 0. The van der Waals surface area contributed by atoms with Crippen LogP contribution in [0.4, 0.5) is 0 Å². The van der Waals surface area contributed by atoms with E-state index in [1.807, 2.05) is 18.5 Å². The standard InChI is InChI=1S/C13H21N3/c1-16-8-3-5-13(11-14,6-9-16)12-4-2-7-15-10-12/h2,4,7,10H,3,5-6,8-9,11,14H2,1H3. The predicted molar refractivity (Wildman–Crippen MR) is 66.3 cm³/mol. The van der Waals surface area contributed by atoms with Crippen LogP contribution < -0.4 is 5.73 Å². The van der Waals surface area contributed by atoms with E-state index in [9.17, 15) is 0 Å². The molecule has 1 saturated heterocycles. The molecule has 0 spiro atoms. The minimum atomic E-state index is 0.152. The number of nitrogens with two attached hydrogens (primary N) is 1. The first-order valence-electron chi connectivity index (χ1n) is 6.06. The Balaban J connectivity index is 2.25. The molecule has 3 heteroatoms. The summed E-state index contributed by atoms with van der Waals surface area (Å²) in [5, 5.41) is 0. The first-order valence-corrected chi connectivity index (χ1v) is 6.06. The van der Waals surface area contributed by atoms with Crippen LogP contribution in [0.25, 0.3) is 0 Å². The van der Waals surface area contributed by atoms with E-state index in [0.29, 0.717) is 0 Å². The summed E-state index contributed by atoms with van der Waals surface area (Å²) in [5.41, 5.74) is 7.50. The Morgan fingerprint density at radius 2 is 2.31 bits per heavy atom. The van der Waals surface area contributed by atoms with Crippen molar-refractivity contribution in [1.82, 2.24) is 9.88 Å². The molecule has 1 unspecified atom stereocenters. The normalized spacial score (nSPS) is 27.6. The van der Waals surface area contributed by atoms with Crippen molar-refractivity contribution in [3.8, 4) is 0 Å². The van der Waals surface area contributed by atoms with Gasteiger partial charge in [0.2, 0.25) is 0 Å². The quantitative estimate of drug-likeness (QED) is 0.817. The third kappa shape index (κ3) is 2.25. The fourth-order valence-corrected chi connectivity index (χ4v) is 2.62. The molecule has 0 aromatic carbocycles. The van der Waals surface area contributed by atoms with Crippen LogP contribution in [-0.2, 0) is 5.41 Å². The van der Waals surface area contributed by atoms with Crippen molar-refractivity contribution >= 4 is 0 Å². The van der Waals surface area contributed by atoms with Gasteiger partial charge in [-0.15, -0.1) is 0 Å². The van der Waals surface area contributed by atoms with Gasteiger partial charge in [-0.25, -0.2) is 0 Å². The predicted octanol–water partition coefficient (Wildman–Crippen LogP) is 1.39. The zero-order valence-corrected chi connectivity index (χ0v) is 10.0. The van der Waals surface area contributed by atoms with E-state index < -0.39 is 0 Å². The maximum absolute atomic E-state index is 6.04. The zero-order chi connectivity index (χ0) is 11.4. The highest BCUT2D eigenvalue weighted by atomic mass is 15.1. The molecule has 0 bridgehead atoms. The van der Waals surface area contributed by atoms with Crippen molar-refractivity contribution in [2.45, 2.75) is 24.7 Å². The van der Waals surface area contributed by atoms with Crippen molar-refractivity contribution < 1.29 is 0 Å². The molecular weight excluding hydrogens is 198 g/mol. The van der Waals surface area contributed by atoms with Crippen LogP contribution in [0, 0.1) is 0 Å². The Morgan fingerprint density at radius 1 is 1.44 bits per heavy atom. The van der Waals surface area contributed by atoms with E-state index in [2.05, 4.69) is 23.0 Å². The summed E-state index contributed by atoms with van der Waals surface area (Å²) >= 11 is 0. The SMILES string of the molecule is CN1CCCC(CN)(c2cccnc2)CC1. The van der Waals surface area contributed by atoms with Crippen molar-refractivity contribution in [3.63, 3.8) is 0 Å². The minimum Gasteiger partial charge on any atom is -0.330 e. The molecule has 2 heterocycles. The number of hydrogen-bond acceptors (Lipinski definition) is 3. The van der Waals surface area contributed by atoms with Gasteiger partial charge in [0, 0.05) is 24.4 Å². The lowest BCUT2D eigenvalue weighted by Crippen LogP contribution is -2.36. The lowest BCUT2D eigenvalue weighted by Gasteiger charge is -2.31. The molecule has 1 atom stereocenters. The lowest BCUT2D eigenvalue weighted by molar-refractivity contribution is 0.328. The number of nitrogens with zero attached hydrogens (tertiary/aromatic N) is 2. The molecule has 0 saturated carbocycles. The number of pyridine rings is 1. The molecule has 16 heavy (non-hydrogen) atoms. The molecule has 1 aliphatic rings. The third-order valence-electron chi connectivity index (χ3n) is 3.83. The van der Waals surface area contributed by atoms with Gasteiger partial charge in [-0.05, 0) is 51.0 Å². The first kappa shape index (κ1) is 11.6. The largest absolute Gasteiger partial charge is 0.330 e. The van der Waals surface area contributed by atoms with Gasteiger partial charge in [-0.3, -0.25) is 4.98 Å². The van der Waals surface area contributed by atoms with Crippen molar-refractivity contribution in [3.05, 3.63) is 30.1 Å². The summed E-state index contributed by atoms with van der Waals surface area (Å²) in [4.78, 5) is 6.63. The van der Waals surface area contributed by atoms with Gasteiger partial charge < -0.3 is 10.6 Å². The Bertz CT molecular complexity index is 325. The smallest absolute Gasteiger partial charge is 0.0306 e. The van der Waals surface area contributed by atoms with Crippen LogP contribution in [0.2, 0.25) is 0 Å². The summed E-state index contributed by atoms with van der Waals surface area (Å²) < 4.78 is 0. The average Bonchev–Trinajstić information content (AvgIpc) is 2.53. The highest BCUT2D eigenvalue weighted by Gasteiger charge is 2.32. The number of hydrogen-bond donors (Lipinski definition) is 1. The molecule has 1 aromatic heterocycles. The van der Waals surface area contributed by atoms with E-state index in [4.69, 9.17) is 5.73 Å². The van der Waals surface area contributed by atoms with Gasteiger partial charge in [-0.1, -0.05) is 6.07 Å². The van der Waals surface area contributed by atoms with Crippen LogP contribution in [0.15, 0.2) is 24.5 Å². The molecule has 3 nitrogen and oxygen atoms in total. The second-order valence-corrected chi connectivity index (χ2v) is 4.88. The Morgan fingerprint density at radius 3 is 3.00 bits per heavy atom. The van der Waals surface area contributed by atoms with Gasteiger partial charge in [0.25, 0.3) is 0 Å². The fourth-order valence-electron chi connectivity index (χ4n) is 2.62. The molecule has 1 fully saturated rings. The molecule has 2 rings (SSSR count). The molecule has 1 aliphatic heterocycles. The van der Waals surface area contributed by atoms with Crippen LogP contribution >= 0.6 is 0 Å². The van der Waals surface area contributed by atoms with Crippen LogP contribution in [0.3, 0.4) is 0 Å². The van der Waals surface area contributed by atoms with Crippen molar-refractivity contribution in [2.75, 3.05) is 26.7 Å². The van der Waals surface area contributed by atoms with E-state index in [1.54, 1.807) is 0 Å². The fraction of sp³-hybridized carbons (Fsp3) is 0.615. The van der Waals surface area contributed by atoms with Gasteiger partial charge >= 0.3 is 0 Å². The number of rotatable bonds is 2. The molecule has 2 N–H and O–H groups in total. The molecular formula is C13H21N3. The van der Waals surface area contributed by atoms with E-state index in [0.717, 1.165) is 19.5 Å². The summed E-state index contributed by atoms with van der Waals surface area (Å²) in [6.07, 6.45) is 7.36. The van der Waals surface area contributed by atoms with Gasteiger partial charge in [0.05, 0.1) is 0 Å². The van der Waals surface area contributed by atoms with Crippen LogP contribution in [0.5, 0.6) is 0 Å². The van der Waals surface area contributed by atoms with E-state index in [1.165, 1.54) is 24.9 Å². The average molecular weight is 219 g/mol. The number of likely N-dealkylation sites (tertiary alicyclic amines) is 1. The van der Waals surface area contributed by atoms with Gasteiger partial charge in [-0.2, -0.15) is 0 Å². The second-order valence-electron chi connectivity index (χ2n) is 4.88. The summed E-state index contributed by atoms with van der Waals surface area (Å²) in [6.45, 7) is 3.04. The van der Waals surface area contributed by atoms with Crippen molar-refractivity contribution in [1.29, 1.82) is 0 Å². The monoisotopic (exact) mass is 219 g/mol. The second kappa shape index (κ2) is 4.93. The van der Waals surface area contributed by atoms with Gasteiger partial charge in [0.1, 0.15) is 0 Å². The Labute approximate surface area is 97.7 Å². The molecule has 0 amide bonds. The maximum Gasteiger partial charge on any atom is 0.0306 e. The molecule has 88 valence electrons. The Kier molecular flexibility index (Phi) is 3.56. The van der Waals surface area contributed by atoms with Crippen molar-refractivity contribution in [2.24, 2.45) is 5.73 Å². The molecule has 0 aliphatic carbocycles. The first-order chi connectivity index (χ1) is 7.77. The number of aromatic nitrogens is 1. The highest BCUT2D eigenvalue weighted by Crippen LogP contribution is 2.33. The molecule has 0 radical (unpaired) electrons. The lowest BCUT2D eigenvalue weighted by atomic mass is 9.75. The van der Waals surface area contributed by atoms with E-state index >= 15 is 0 Å². The van der Waals surface area contributed by atoms with Crippen LogP contribution in [0.1, 0.15) is 24.8 Å². The van der Waals surface area contributed by atoms with Crippen LogP contribution in [-0.4, -0.2) is 36.6 Å². The maximum atomic E-state index is 6.04. The topological polar surface area (TPSA) is 42.1 Å². The molecule has 1 aromatic rings.